The van der Waals surface area contributed by atoms with Crippen molar-refractivity contribution in [3.63, 3.8) is 0 Å². The molecule has 2 heteroatoms. The zero-order valence-corrected chi connectivity index (χ0v) is 11.8. The minimum atomic E-state index is 0.547. The number of hydrogen-bond donors (Lipinski definition) is 1. The van der Waals surface area contributed by atoms with Gasteiger partial charge in [0.1, 0.15) is 0 Å². The van der Waals surface area contributed by atoms with Crippen LogP contribution in [0.3, 0.4) is 0 Å². The summed E-state index contributed by atoms with van der Waals surface area (Å²) in [5.74, 6) is 1.53. The van der Waals surface area contributed by atoms with Crippen LogP contribution in [0, 0.1) is 17.3 Å². The highest BCUT2D eigenvalue weighted by atomic mass is 15.2. The van der Waals surface area contributed by atoms with E-state index >= 15 is 0 Å². The molecular formula is C14H30N2. The first-order chi connectivity index (χ1) is 7.39. The predicted octanol–water partition coefficient (Wildman–Crippen LogP) is 2.60. The van der Waals surface area contributed by atoms with Crippen molar-refractivity contribution in [2.24, 2.45) is 17.3 Å². The lowest BCUT2D eigenvalue weighted by molar-refractivity contribution is 0.252. The van der Waals surface area contributed by atoms with Gasteiger partial charge < -0.3 is 10.2 Å². The third kappa shape index (κ3) is 5.31. The van der Waals surface area contributed by atoms with Gasteiger partial charge in [-0.2, -0.15) is 0 Å². The van der Waals surface area contributed by atoms with E-state index in [1.165, 1.54) is 26.1 Å². The topological polar surface area (TPSA) is 15.3 Å². The van der Waals surface area contributed by atoms with Crippen LogP contribution in [0.1, 0.15) is 41.0 Å². The Morgan fingerprint density at radius 1 is 1.19 bits per heavy atom. The quantitative estimate of drug-likeness (QED) is 0.749. The molecule has 1 N–H and O–H groups in total. The van der Waals surface area contributed by atoms with Crippen LogP contribution in [-0.2, 0) is 0 Å². The molecule has 0 spiro atoms. The summed E-state index contributed by atoms with van der Waals surface area (Å²) in [6.45, 7) is 17.8. The van der Waals surface area contributed by atoms with E-state index in [-0.39, 0.29) is 0 Å². The lowest BCUT2D eigenvalue weighted by Crippen LogP contribution is -2.34. The first-order valence-electron chi connectivity index (χ1n) is 6.82. The van der Waals surface area contributed by atoms with Gasteiger partial charge in [-0.25, -0.2) is 0 Å². The van der Waals surface area contributed by atoms with Gasteiger partial charge in [-0.05, 0) is 43.3 Å². The highest BCUT2D eigenvalue weighted by Gasteiger charge is 2.29. The van der Waals surface area contributed by atoms with Gasteiger partial charge >= 0.3 is 0 Å². The summed E-state index contributed by atoms with van der Waals surface area (Å²) in [4.78, 5) is 2.63. The standard InChI is InChI=1S/C14H30N2/c1-12(2)8-15-9-13(3)10-16-7-6-14(4,5)11-16/h12-13,15H,6-11H2,1-5H3. The molecule has 0 saturated carbocycles. The normalized spacial score (nSPS) is 22.9. The van der Waals surface area contributed by atoms with E-state index in [0.717, 1.165) is 24.9 Å². The molecule has 1 aliphatic heterocycles. The van der Waals surface area contributed by atoms with Crippen molar-refractivity contribution >= 4 is 0 Å². The highest BCUT2D eigenvalue weighted by Crippen LogP contribution is 2.28. The van der Waals surface area contributed by atoms with Crippen molar-refractivity contribution in [1.29, 1.82) is 0 Å². The minimum Gasteiger partial charge on any atom is -0.316 e. The van der Waals surface area contributed by atoms with Crippen molar-refractivity contribution in [3.8, 4) is 0 Å². The molecular weight excluding hydrogens is 196 g/mol. The van der Waals surface area contributed by atoms with Gasteiger partial charge in [-0.1, -0.05) is 34.6 Å². The lowest BCUT2D eigenvalue weighted by atomic mass is 9.93. The third-order valence-electron chi connectivity index (χ3n) is 3.37. The van der Waals surface area contributed by atoms with Gasteiger partial charge in [0.25, 0.3) is 0 Å². The van der Waals surface area contributed by atoms with Crippen LogP contribution in [0.15, 0.2) is 0 Å². The Balaban J connectivity index is 2.13. The van der Waals surface area contributed by atoms with Crippen LogP contribution in [-0.4, -0.2) is 37.6 Å². The van der Waals surface area contributed by atoms with Gasteiger partial charge in [0, 0.05) is 13.1 Å². The van der Waals surface area contributed by atoms with Crippen LogP contribution in [0.25, 0.3) is 0 Å². The van der Waals surface area contributed by atoms with Crippen LogP contribution < -0.4 is 5.32 Å². The van der Waals surface area contributed by atoms with Gasteiger partial charge in [0.15, 0.2) is 0 Å². The summed E-state index contributed by atoms with van der Waals surface area (Å²) in [5.41, 5.74) is 0.547. The third-order valence-corrected chi connectivity index (χ3v) is 3.37. The van der Waals surface area contributed by atoms with Crippen LogP contribution in [0.5, 0.6) is 0 Å². The molecule has 0 amide bonds. The van der Waals surface area contributed by atoms with Crippen LogP contribution in [0.4, 0.5) is 0 Å². The van der Waals surface area contributed by atoms with Crippen LogP contribution in [0.2, 0.25) is 0 Å². The molecule has 1 unspecified atom stereocenters. The average molecular weight is 226 g/mol. The van der Waals surface area contributed by atoms with Gasteiger partial charge in [0.05, 0.1) is 0 Å². The number of hydrogen-bond acceptors (Lipinski definition) is 2. The summed E-state index contributed by atoms with van der Waals surface area (Å²) in [6, 6.07) is 0. The second-order valence-corrected chi connectivity index (χ2v) is 6.81. The molecule has 96 valence electrons. The molecule has 0 aromatic rings. The molecule has 1 heterocycles. The first kappa shape index (κ1) is 14.0. The van der Waals surface area contributed by atoms with Crippen molar-refractivity contribution in [3.05, 3.63) is 0 Å². The molecule has 2 nitrogen and oxygen atoms in total. The van der Waals surface area contributed by atoms with E-state index in [9.17, 15) is 0 Å². The van der Waals surface area contributed by atoms with E-state index in [4.69, 9.17) is 0 Å². The monoisotopic (exact) mass is 226 g/mol. The smallest absolute Gasteiger partial charge is 0.00333 e. The van der Waals surface area contributed by atoms with Gasteiger partial charge in [-0.3, -0.25) is 0 Å². The fourth-order valence-electron chi connectivity index (χ4n) is 2.50. The molecule has 1 aliphatic rings. The van der Waals surface area contributed by atoms with E-state index in [0.29, 0.717) is 5.41 Å². The molecule has 0 aromatic carbocycles. The predicted molar refractivity (Wildman–Crippen MR) is 71.7 cm³/mol. The largest absolute Gasteiger partial charge is 0.316 e. The van der Waals surface area contributed by atoms with E-state index in [1.54, 1.807) is 0 Å². The number of nitrogens with zero attached hydrogens (tertiary/aromatic N) is 1. The maximum Gasteiger partial charge on any atom is 0.00333 e. The molecule has 0 radical (unpaired) electrons. The Bertz CT molecular complexity index is 199. The minimum absolute atomic E-state index is 0.547. The molecule has 1 saturated heterocycles. The summed E-state index contributed by atoms with van der Waals surface area (Å²) < 4.78 is 0. The van der Waals surface area contributed by atoms with E-state index in [1.807, 2.05) is 0 Å². The lowest BCUT2D eigenvalue weighted by Gasteiger charge is -2.23. The van der Waals surface area contributed by atoms with E-state index < -0.39 is 0 Å². The molecule has 1 fully saturated rings. The average Bonchev–Trinajstić information content (AvgIpc) is 2.44. The molecule has 1 rings (SSSR count). The SMILES string of the molecule is CC(C)CNCC(C)CN1CCC(C)(C)C1. The van der Waals surface area contributed by atoms with Gasteiger partial charge in [-0.15, -0.1) is 0 Å². The molecule has 0 bridgehead atoms. The number of likely N-dealkylation sites (tertiary alicyclic amines) is 1. The Hall–Kier alpha value is -0.0800. The second kappa shape index (κ2) is 6.02. The summed E-state index contributed by atoms with van der Waals surface area (Å²) in [6.07, 6.45) is 1.36. The van der Waals surface area contributed by atoms with E-state index in [2.05, 4.69) is 44.8 Å². The van der Waals surface area contributed by atoms with Crippen molar-refractivity contribution in [1.82, 2.24) is 10.2 Å². The molecule has 0 aromatic heterocycles. The summed E-state index contributed by atoms with van der Waals surface area (Å²) in [7, 11) is 0. The van der Waals surface area contributed by atoms with Crippen molar-refractivity contribution in [2.45, 2.75) is 41.0 Å². The Labute approximate surface area is 102 Å². The number of nitrogens with one attached hydrogen (secondary N) is 1. The summed E-state index contributed by atoms with van der Waals surface area (Å²) in [5, 5.41) is 3.55. The first-order valence-corrected chi connectivity index (χ1v) is 6.82. The van der Waals surface area contributed by atoms with Crippen LogP contribution >= 0.6 is 0 Å². The molecule has 1 atom stereocenters. The number of rotatable bonds is 6. The fourth-order valence-corrected chi connectivity index (χ4v) is 2.50. The molecule has 0 aliphatic carbocycles. The Kier molecular flexibility index (Phi) is 5.26. The van der Waals surface area contributed by atoms with Crippen molar-refractivity contribution in [2.75, 3.05) is 32.7 Å². The Morgan fingerprint density at radius 3 is 2.38 bits per heavy atom. The maximum atomic E-state index is 3.55. The second-order valence-electron chi connectivity index (χ2n) is 6.81. The highest BCUT2D eigenvalue weighted by molar-refractivity contribution is 4.83. The maximum absolute atomic E-state index is 3.55. The van der Waals surface area contributed by atoms with Gasteiger partial charge in [0.2, 0.25) is 0 Å². The Morgan fingerprint density at radius 2 is 1.88 bits per heavy atom. The van der Waals surface area contributed by atoms with Crippen molar-refractivity contribution < 1.29 is 0 Å². The fraction of sp³-hybridized carbons (Fsp3) is 1.00. The zero-order chi connectivity index (χ0) is 12.2. The zero-order valence-electron chi connectivity index (χ0n) is 11.8. The molecule has 16 heavy (non-hydrogen) atoms. The summed E-state index contributed by atoms with van der Waals surface area (Å²) >= 11 is 0.